The van der Waals surface area contributed by atoms with Crippen LogP contribution in [0.25, 0.3) is 0 Å². The van der Waals surface area contributed by atoms with Crippen molar-refractivity contribution in [2.24, 2.45) is 11.1 Å². The lowest BCUT2D eigenvalue weighted by Gasteiger charge is -2.41. The van der Waals surface area contributed by atoms with E-state index < -0.39 is 11.9 Å². The lowest BCUT2D eigenvalue weighted by atomic mass is 9.67. The van der Waals surface area contributed by atoms with Crippen molar-refractivity contribution in [1.82, 2.24) is 10.6 Å². The highest BCUT2D eigenvalue weighted by molar-refractivity contribution is 5.86. The van der Waals surface area contributed by atoms with Gasteiger partial charge in [-0.3, -0.25) is 4.79 Å². The van der Waals surface area contributed by atoms with Crippen molar-refractivity contribution < 1.29 is 14.7 Å². The van der Waals surface area contributed by atoms with E-state index in [4.69, 9.17) is 5.73 Å². The van der Waals surface area contributed by atoms with Gasteiger partial charge in [0.15, 0.2) is 0 Å². The predicted octanol–water partition coefficient (Wildman–Crippen LogP) is 1.67. The Hall–Kier alpha value is -2.24. The number of urea groups is 1. The molecule has 0 unspecified atom stereocenters. The third-order valence-corrected chi connectivity index (χ3v) is 4.81. The zero-order valence-electron chi connectivity index (χ0n) is 13.5. The minimum absolute atomic E-state index is 0.153. The van der Waals surface area contributed by atoms with E-state index in [9.17, 15) is 14.7 Å². The Balaban J connectivity index is 1.87. The summed E-state index contributed by atoms with van der Waals surface area (Å²) in [4.78, 5) is 23.6. The summed E-state index contributed by atoms with van der Waals surface area (Å²) in [6, 6.07) is 5.33. The molecule has 2 rings (SSSR count). The maximum atomic E-state index is 12.0. The van der Waals surface area contributed by atoms with Crippen LogP contribution in [0.15, 0.2) is 24.3 Å². The van der Waals surface area contributed by atoms with Gasteiger partial charge >= 0.3 is 6.03 Å². The van der Waals surface area contributed by atoms with Gasteiger partial charge in [-0.25, -0.2) is 4.79 Å². The van der Waals surface area contributed by atoms with Crippen molar-refractivity contribution in [3.05, 3.63) is 29.8 Å². The number of phenols is 1. The molecule has 6 heteroatoms. The molecule has 1 fully saturated rings. The molecule has 0 bridgehead atoms. The highest BCUT2D eigenvalue weighted by Crippen LogP contribution is 2.42. The fourth-order valence-electron chi connectivity index (χ4n) is 2.90. The van der Waals surface area contributed by atoms with Crippen molar-refractivity contribution in [3.63, 3.8) is 0 Å². The normalized spacial score (nSPS) is 16.9. The first kappa shape index (κ1) is 17.1. The maximum Gasteiger partial charge on any atom is 0.315 e. The molecule has 0 aliphatic heterocycles. The second-order valence-corrected chi connectivity index (χ2v) is 6.36. The fourth-order valence-corrected chi connectivity index (χ4v) is 2.90. The Morgan fingerprint density at radius 3 is 2.43 bits per heavy atom. The fraction of sp³-hybridized carbons (Fsp3) is 0.529. The first-order valence-corrected chi connectivity index (χ1v) is 8.06. The SMILES string of the molecule is CCC1(CNC(=O)N[C@@H](Cc2ccc(O)cc2)C(N)=O)CCC1. The zero-order chi connectivity index (χ0) is 16.9. The molecule has 6 nitrogen and oxygen atoms in total. The van der Waals surface area contributed by atoms with E-state index in [1.807, 2.05) is 0 Å². The van der Waals surface area contributed by atoms with Crippen molar-refractivity contribution in [2.75, 3.05) is 6.54 Å². The Morgan fingerprint density at radius 2 is 1.96 bits per heavy atom. The standard InChI is InChI=1S/C17H25N3O3/c1-2-17(8-3-9-17)11-19-16(23)20-14(15(18)22)10-12-4-6-13(21)7-5-12/h4-7,14,21H,2-3,8-11H2,1H3,(H2,18,22)(H2,19,20,23)/t14-/m0/s1. The van der Waals surface area contributed by atoms with Crippen molar-refractivity contribution in [3.8, 4) is 5.75 Å². The molecule has 126 valence electrons. The highest BCUT2D eigenvalue weighted by atomic mass is 16.3. The first-order valence-electron chi connectivity index (χ1n) is 8.06. The monoisotopic (exact) mass is 319 g/mol. The number of hydrogen-bond acceptors (Lipinski definition) is 3. The van der Waals surface area contributed by atoms with Crippen LogP contribution in [0.2, 0.25) is 0 Å². The number of carbonyl (C=O) groups is 2. The second-order valence-electron chi connectivity index (χ2n) is 6.36. The molecule has 1 aromatic carbocycles. The number of nitrogens with two attached hydrogens (primary N) is 1. The third kappa shape index (κ3) is 4.61. The molecule has 0 radical (unpaired) electrons. The molecular weight excluding hydrogens is 294 g/mol. The van der Waals surface area contributed by atoms with E-state index in [1.54, 1.807) is 12.1 Å². The summed E-state index contributed by atoms with van der Waals surface area (Å²) >= 11 is 0. The molecule has 23 heavy (non-hydrogen) atoms. The number of hydrogen-bond donors (Lipinski definition) is 4. The van der Waals surface area contributed by atoms with Gasteiger partial charge in [0.1, 0.15) is 11.8 Å². The van der Waals surface area contributed by atoms with Crippen LogP contribution in [0.3, 0.4) is 0 Å². The molecular formula is C17H25N3O3. The first-order chi connectivity index (χ1) is 10.9. The van der Waals surface area contributed by atoms with E-state index in [-0.39, 0.29) is 17.2 Å². The van der Waals surface area contributed by atoms with Crippen LogP contribution in [0.4, 0.5) is 4.79 Å². The number of phenolic OH excluding ortho intramolecular Hbond substituents is 1. The number of primary amides is 1. The molecule has 1 aliphatic carbocycles. The van der Waals surface area contributed by atoms with E-state index in [0.29, 0.717) is 13.0 Å². The quantitative estimate of drug-likeness (QED) is 0.614. The molecule has 0 heterocycles. The largest absolute Gasteiger partial charge is 0.508 e. The third-order valence-electron chi connectivity index (χ3n) is 4.81. The lowest BCUT2D eigenvalue weighted by Crippen LogP contribution is -2.52. The van der Waals surface area contributed by atoms with Gasteiger partial charge in [0, 0.05) is 13.0 Å². The lowest BCUT2D eigenvalue weighted by molar-refractivity contribution is -0.119. The number of rotatable bonds is 7. The Kier molecular flexibility index (Phi) is 5.47. The van der Waals surface area contributed by atoms with Crippen molar-refractivity contribution >= 4 is 11.9 Å². The average molecular weight is 319 g/mol. The van der Waals surface area contributed by atoms with Crippen molar-refractivity contribution in [1.29, 1.82) is 0 Å². The topological polar surface area (TPSA) is 104 Å². The molecule has 3 amide bonds. The van der Waals surface area contributed by atoms with Crippen molar-refractivity contribution in [2.45, 2.75) is 45.1 Å². The molecule has 0 saturated heterocycles. The Morgan fingerprint density at radius 1 is 1.30 bits per heavy atom. The van der Waals surface area contributed by atoms with Gasteiger partial charge in [0.25, 0.3) is 0 Å². The predicted molar refractivity (Wildman–Crippen MR) is 87.9 cm³/mol. The summed E-state index contributed by atoms with van der Waals surface area (Å²) in [5, 5.41) is 14.8. The number of carbonyl (C=O) groups excluding carboxylic acids is 2. The Bertz CT molecular complexity index is 547. The van der Waals surface area contributed by atoms with Gasteiger partial charge < -0.3 is 21.5 Å². The molecule has 0 aromatic heterocycles. The summed E-state index contributed by atoms with van der Waals surface area (Å²) in [5.74, 6) is -0.428. The number of aromatic hydroxyl groups is 1. The van der Waals surface area contributed by atoms with Gasteiger partial charge in [0.2, 0.25) is 5.91 Å². The number of benzene rings is 1. The van der Waals surface area contributed by atoms with Gasteiger partial charge in [-0.2, -0.15) is 0 Å². The van der Waals surface area contributed by atoms with Crippen LogP contribution in [-0.2, 0) is 11.2 Å². The zero-order valence-corrected chi connectivity index (χ0v) is 13.5. The maximum absolute atomic E-state index is 12.0. The van der Waals surface area contributed by atoms with Crippen LogP contribution >= 0.6 is 0 Å². The summed E-state index contributed by atoms with van der Waals surface area (Å²) < 4.78 is 0. The molecule has 1 aliphatic rings. The van der Waals surface area contributed by atoms with Gasteiger partial charge in [-0.1, -0.05) is 25.5 Å². The minimum Gasteiger partial charge on any atom is -0.508 e. The average Bonchev–Trinajstić information content (AvgIpc) is 2.48. The molecule has 1 atom stereocenters. The molecule has 0 spiro atoms. The second kappa shape index (κ2) is 7.35. The highest BCUT2D eigenvalue weighted by Gasteiger charge is 2.35. The van der Waals surface area contributed by atoms with Crippen LogP contribution < -0.4 is 16.4 Å². The van der Waals surface area contributed by atoms with E-state index in [1.165, 1.54) is 18.6 Å². The Labute approximate surface area is 136 Å². The number of nitrogens with one attached hydrogen (secondary N) is 2. The van der Waals surface area contributed by atoms with E-state index in [2.05, 4.69) is 17.6 Å². The number of amides is 3. The van der Waals surface area contributed by atoms with Crippen LogP contribution in [0.5, 0.6) is 5.75 Å². The van der Waals surface area contributed by atoms with E-state index in [0.717, 1.165) is 24.8 Å². The summed E-state index contributed by atoms with van der Waals surface area (Å²) in [6.07, 6.45) is 4.82. The minimum atomic E-state index is -0.779. The summed E-state index contributed by atoms with van der Waals surface area (Å²) in [6.45, 7) is 2.76. The van der Waals surface area contributed by atoms with Gasteiger partial charge in [0.05, 0.1) is 0 Å². The molecule has 5 N–H and O–H groups in total. The van der Waals surface area contributed by atoms with Crippen LogP contribution in [-0.4, -0.2) is 29.6 Å². The van der Waals surface area contributed by atoms with Crippen LogP contribution in [0.1, 0.15) is 38.2 Å². The molecule has 1 aromatic rings. The van der Waals surface area contributed by atoms with E-state index >= 15 is 0 Å². The smallest absolute Gasteiger partial charge is 0.315 e. The van der Waals surface area contributed by atoms with Crippen LogP contribution in [0, 0.1) is 5.41 Å². The van der Waals surface area contributed by atoms with Gasteiger partial charge in [-0.15, -0.1) is 0 Å². The van der Waals surface area contributed by atoms with Gasteiger partial charge in [-0.05, 0) is 42.4 Å². The molecule has 1 saturated carbocycles. The summed E-state index contributed by atoms with van der Waals surface area (Å²) in [7, 11) is 0. The summed E-state index contributed by atoms with van der Waals surface area (Å²) in [5.41, 5.74) is 6.41.